The zero-order valence-corrected chi connectivity index (χ0v) is 11.6. The lowest BCUT2D eigenvalue weighted by molar-refractivity contribution is 0.306. The second kappa shape index (κ2) is 5.09. The van der Waals surface area contributed by atoms with Gasteiger partial charge in [0.25, 0.3) is 5.95 Å². The van der Waals surface area contributed by atoms with Gasteiger partial charge in [0.1, 0.15) is 0 Å². The van der Waals surface area contributed by atoms with E-state index in [0.29, 0.717) is 12.3 Å². The smallest absolute Gasteiger partial charge is 0.266 e. The van der Waals surface area contributed by atoms with Gasteiger partial charge in [0, 0.05) is 38.1 Å². The predicted octanol–water partition coefficient (Wildman–Crippen LogP) is 0.635. The van der Waals surface area contributed by atoms with Crippen LogP contribution in [-0.4, -0.2) is 53.8 Å². The Kier molecular flexibility index (Phi) is 3.45. The Morgan fingerprint density at radius 1 is 1.21 bits per heavy atom. The Hall–Kier alpha value is -1.14. The van der Waals surface area contributed by atoms with Crippen LogP contribution >= 0.6 is 0 Å². The first-order valence-corrected chi connectivity index (χ1v) is 7.20. The van der Waals surface area contributed by atoms with Crippen LogP contribution in [0.4, 0.5) is 5.95 Å². The fourth-order valence-corrected chi connectivity index (χ4v) is 3.01. The fourth-order valence-electron chi connectivity index (χ4n) is 3.01. The monoisotopic (exact) mass is 265 g/mol. The largest absolute Gasteiger partial charge is 0.337 e. The summed E-state index contributed by atoms with van der Waals surface area (Å²) >= 11 is 0. The highest BCUT2D eigenvalue weighted by atomic mass is 16.5. The molecule has 0 amide bonds. The molecule has 1 aromatic rings. The molecule has 0 bridgehead atoms. The minimum atomic E-state index is -0.119. The van der Waals surface area contributed by atoms with Crippen LogP contribution in [0.1, 0.15) is 31.6 Å². The van der Waals surface area contributed by atoms with Gasteiger partial charge < -0.3 is 20.1 Å². The van der Waals surface area contributed by atoms with E-state index in [1.54, 1.807) is 0 Å². The van der Waals surface area contributed by atoms with Gasteiger partial charge in [0.2, 0.25) is 5.89 Å². The van der Waals surface area contributed by atoms with E-state index >= 15 is 0 Å². The molecule has 6 nitrogen and oxygen atoms in total. The van der Waals surface area contributed by atoms with Gasteiger partial charge in [-0.1, -0.05) is 12.8 Å². The maximum Gasteiger partial charge on any atom is 0.266 e. The molecule has 0 spiro atoms. The molecule has 0 aromatic carbocycles. The number of anilines is 1. The second-order valence-corrected chi connectivity index (χ2v) is 6.02. The van der Waals surface area contributed by atoms with Crippen LogP contribution in [0.2, 0.25) is 0 Å². The molecule has 1 saturated heterocycles. The summed E-state index contributed by atoms with van der Waals surface area (Å²) in [6.45, 7) is 4.02. The van der Waals surface area contributed by atoms with Crippen molar-refractivity contribution in [2.45, 2.75) is 37.6 Å². The van der Waals surface area contributed by atoms with Crippen molar-refractivity contribution < 1.29 is 4.52 Å². The Balaban J connectivity index is 1.63. The minimum Gasteiger partial charge on any atom is -0.337 e. The highest BCUT2D eigenvalue weighted by Gasteiger charge is 2.32. The van der Waals surface area contributed by atoms with Gasteiger partial charge in [-0.2, -0.15) is 4.98 Å². The fraction of sp³-hybridized carbons (Fsp3) is 0.846. The summed E-state index contributed by atoms with van der Waals surface area (Å²) in [7, 11) is 2.14. The normalized spacial score (nSPS) is 24.0. The van der Waals surface area contributed by atoms with Crippen LogP contribution in [0.25, 0.3) is 0 Å². The number of piperazine rings is 1. The van der Waals surface area contributed by atoms with Gasteiger partial charge in [-0.3, -0.25) is 0 Å². The molecule has 2 heterocycles. The summed E-state index contributed by atoms with van der Waals surface area (Å²) in [5, 5.41) is 4.10. The summed E-state index contributed by atoms with van der Waals surface area (Å²) < 4.78 is 5.38. The van der Waals surface area contributed by atoms with Gasteiger partial charge in [0.05, 0.1) is 0 Å². The molecule has 6 heteroatoms. The predicted molar refractivity (Wildman–Crippen MR) is 73.1 cm³/mol. The van der Waals surface area contributed by atoms with E-state index in [0.717, 1.165) is 45.0 Å². The molecule has 19 heavy (non-hydrogen) atoms. The lowest BCUT2D eigenvalue weighted by Crippen LogP contribution is -2.45. The van der Waals surface area contributed by atoms with Crippen molar-refractivity contribution in [1.29, 1.82) is 0 Å². The quantitative estimate of drug-likeness (QED) is 0.864. The van der Waals surface area contributed by atoms with E-state index < -0.39 is 0 Å². The molecule has 0 atom stereocenters. The zero-order valence-electron chi connectivity index (χ0n) is 11.6. The molecule has 2 aliphatic rings. The molecule has 106 valence electrons. The Bertz CT molecular complexity index is 418. The molecule has 1 saturated carbocycles. The van der Waals surface area contributed by atoms with Crippen molar-refractivity contribution in [3.63, 3.8) is 0 Å². The summed E-state index contributed by atoms with van der Waals surface area (Å²) in [6.07, 6.45) is 5.29. The van der Waals surface area contributed by atoms with E-state index in [2.05, 4.69) is 27.0 Å². The Morgan fingerprint density at radius 3 is 2.58 bits per heavy atom. The number of aromatic nitrogens is 2. The molecule has 3 rings (SSSR count). The third-order valence-corrected chi connectivity index (χ3v) is 4.35. The zero-order chi connectivity index (χ0) is 13.3. The molecule has 1 aromatic heterocycles. The first kappa shape index (κ1) is 12.9. The standard InChI is InChI=1S/C13H23N5O/c1-17-6-8-18(9-7-17)12-15-11(19-16-12)10-13(14)4-2-3-5-13/h2-10,14H2,1H3. The Labute approximate surface area is 113 Å². The average molecular weight is 265 g/mol. The van der Waals surface area contributed by atoms with Crippen LogP contribution < -0.4 is 10.6 Å². The van der Waals surface area contributed by atoms with Crippen molar-refractivity contribution >= 4 is 5.95 Å². The Morgan fingerprint density at radius 2 is 1.89 bits per heavy atom. The number of nitrogens with zero attached hydrogens (tertiary/aromatic N) is 4. The van der Waals surface area contributed by atoms with Crippen LogP contribution in [0.3, 0.4) is 0 Å². The summed E-state index contributed by atoms with van der Waals surface area (Å²) in [5.41, 5.74) is 6.23. The van der Waals surface area contributed by atoms with Crippen LogP contribution in [0.5, 0.6) is 0 Å². The lowest BCUT2D eigenvalue weighted by Gasteiger charge is -2.31. The maximum atomic E-state index is 6.35. The van der Waals surface area contributed by atoms with E-state index in [9.17, 15) is 0 Å². The van der Waals surface area contributed by atoms with E-state index in [4.69, 9.17) is 10.3 Å². The van der Waals surface area contributed by atoms with Crippen molar-refractivity contribution in [2.24, 2.45) is 5.73 Å². The van der Waals surface area contributed by atoms with Crippen molar-refractivity contribution in [2.75, 3.05) is 38.1 Å². The maximum absolute atomic E-state index is 6.35. The molecule has 1 aliphatic carbocycles. The summed E-state index contributed by atoms with van der Waals surface area (Å²) in [6, 6.07) is 0. The minimum absolute atomic E-state index is 0.119. The highest BCUT2D eigenvalue weighted by molar-refractivity contribution is 5.28. The van der Waals surface area contributed by atoms with Gasteiger partial charge in [-0.25, -0.2) is 0 Å². The molecule has 1 aliphatic heterocycles. The second-order valence-electron chi connectivity index (χ2n) is 6.02. The molecule has 2 N–H and O–H groups in total. The molecular formula is C13H23N5O. The number of nitrogens with two attached hydrogens (primary N) is 1. The number of likely N-dealkylation sites (N-methyl/N-ethyl adjacent to an activating group) is 1. The first-order chi connectivity index (χ1) is 9.15. The van der Waals surface area contributed by atoms with Gasteiger partial charge in [-0.05, 0) is 25.0 Å². The average Bonchev–Trinajstić information content (AvgIpc) is 3.00. The van der Waals surface area contributed by atoms with Gasteiger partial charge in [-0.15, -0.1) is 0 Å². The number of rotatable bonds is 3. The summed E-state index contributed by atoms with van der Waals surface area (Å²) in [5.74, 6) is 1.42. The van der Waals surface area contributed by atoms with Crippen molar-refractivity contribution in [3.05, 3.63) is 5.89 Å². The first-order valence-electron chi connectivity index (χ1n) is 7.20. The van der Waals surface area contributed by atoms with Crippen molar-refractivity contribution in [3.8, 4) is 0 Å². The molecular weight excluding hydrogens is 242 g/mol. The number of hydrogen-bond donors (Lipinski definition) is 1. The van der Waals surface area contributed by atoms with E-state index in [1.807, 2.05) is 0 Å². The number of hydrogen-bond acceptors (Lipinski definition) is 6. The van der Waals surface area contributed by atoms with Gasteiger partial charge >= 0.3 is 0 Å². The lowest BCUT2D eigenvalue weighted by atomic mass is 9.95. The molecule has 0 radical (unpaired) electrons. The van der Waals surface area contributed by atoms with Gasteiger partial charge in [0.15, 0.2) is 0 Å². The SMILES string of the molecule is CN1CCN(c2noc(CC3(N)CCCC3)n2)CC1. The summed E-state index contributed by atoms with van der Waals surface area (Å²) in [4.78, 5) is 9.01. The van der Waals surface area contributed by atoms with Crippen molar-refractivity contribution in [1.82, 2.24) is 15.0 Å². The van der Waals surface area contributed by atoms with Crippen LogP contribution in [-0.2, 0) is 6.42 Å². The highest BCUT2D eigenvalue weighted by Crippen LogP contribution is 2.30. The third kappa shape index (κ3) is 2.90. The van der Waals surface area contributed by atoms with E-state index in [-0.39, 0.29) is 5.54 Å². The molecule has 2 fully saturated rings. The molecule has 0 unspecified atom stereocenters. The van der Waals surface area contributed by atoms with Crippen LogP contribution in [0, 0.1) is 0 Å². The topological polar surface area (TPSA) is 71.4 Å². The third-order valence-electron chi connectivity index (χ3n) is 4.35. The van der Waals surface area contributed by atoms with E-state index in [1.165, 1.54) is 12.8 Å². The van der Waals surface area contributed by atoms with Crippen LogP contribution in [0.15, 0.2) is 4.52 Å².